The summed E-state index contributed by atoms with van der Waals surface area (Å²) in [6.07, 6.45) is 8.84. The van der Waals surface area contributed by atoms with Crippen molar-refractivity contribution in [1.29, 1.82) is 5.26 Å². The van der Waals surface area contributed by atoms with E-state index in [-0.39, 0.29) is 5.54 Å². The number of benzene rings is 2. The molecular formula is C26H26N4O2S. The van der Waals surface area contributed by atoms with Gasteiger partial charge in [0.25, 0.3) is 0 Å². The molecular weight excluding hydrogens is 432 g/mol. The number of sulfone groups is 1. The molecule has 1 heterocycles. The van der Waals surface area contributed by atoms with E-state index in [4.69, 9.17) is 0 Å². The molecule has 168 valence electrons. The molecule has 0 amide bonds. The molecule has 4 bridgehead atoms. The molecule has 33 heavy (non-hydrogen) atoms. The SMILES string of the molecule is CS(=O)(=O)c1ccc(-c2ccc3c(NC45CC6CC(CC(C6)C4)C5)c(C#N)nnc3c2)cc1. The zero-order valence-corrected chi connectivity index (χ0v) is 19.4. The van der Waals surface area contributed by atoms with Gasteiger partial charge in [0, 0.05) is 17.2 Å². The normalized spacial score (nSPS) is 28.1. The van der Waals surface area contributed by atoms with Gasteiger partial charge in [0.15, 0.2) is 15.5 Å². The number of aromatic nitrogens is 2. The summed E-state index contributed by atoms with van der Waals surface area (Å²) >= 11 is 0. The minimum Gasteiger partial charge on any atom is -0.377 e. The van der Waals surface area contributed by atoms with Gasteiger partial charge in [-0.05, 0) is 91.7 Å². The van der Waals surface area contributed by atoms with Gasteiger partial charge in [0.05, 0.1) is 16.1 Å². The molecule has 0 spiro atoms. The van der Waals surface area contributed by atoms with E-state index in [2.05, 4.69) is 21.6 Å². The fourth-order valence-electron chi connectivity index (χ4n) is 6.92. The summed E-state index contributed by atoms with van der Waals surface area (Å²) < 4.78 is 23.5. The summed E-state index contributed by atoms with van der Waals surface area (Å²) in [6.45, 7) is 0. The Morgan fingerprint density at radius 2 is 1.55 bits per heavy atom. The Morgan fingerprint density at radius 1 is 0.939 bits per heavy atom. The van der Waals surface area contributed by atoms with Crippen molar-refractivity contribution < 1.29 is 8.42 Å². The Bertz CT molecular complexity index is 1370. The lowest BCUT2D eigenvalue weighted by molar-refractivity contribution is 0.0107. The van der Waals surface area contributed by atoms with Crippen LogP contribution < -0.4 is 5.32 Å². The van der Waals surface area contributed by atoms with Crippen LogP contribution in [0.25, 0.3) is 22.0 Å². The second-order valence-electron chi connectivity index (χ2n) is 10.4. The molecule has 4 aliphatic carbocycles. The maximum atomic E-state index is 11.8. The highest BCUT2D eigenvalue weighted by atomic mass is 32.2. The predicted molar refractivity (Wildman–Crippen MR) is 127 cm³/mol. The first-order valence-electron chi connectivity index (χ1n) is 11.6. The maximum absolute atomic E-state index is 11.8. The zero-order valence-electron chi connectivity index (χ0n) is 18.6. The van der Waals surface area contributed by atoms with E-state index in [1.54, 1.807) is 12.1 Å². The number of anilines is 1. The molecule has 4 saturated carbocycles. The van der Waals surface area contributed by atoms with Gasteiger partial charge >= 0.3 is 0 Å². The van der Waals surface area contributed by atoms with Crippen molar-refractivity contribution >= 4 is 26.4 Å². The summed E-state index contributed by atoms with van der Waals surface area (Å²) in [4.78, 5) is 0.299. The minimum atomic E-state index is -3.23. The highest BCUT2D eigenvalue weighted by Gasteiger charge is 2.51. The second kappa shape index (κ2) is 7.26. The number of nitriles is 1. The van der Waals surface area contributed by atoms with Crippen molar-refractivity contribution in [2.24, 2.45) is 17.8 Å². The van der Waals surface area contributed by atoms with E-state index >= 15 is 0 Å². The van der Waals surface area contributed by atoms with Crippen LogP contribution >= 0.6 is 0 Å². The first-order chi connectivity index (χ1) is 15.8. The van der Waals surface area contributed by atoms with Gasteiger partial charge in [-0.1, -0.05) is 18.2 Å². The van der Waals surface area contributed by atoms with Crippen molar-refractivity contribution in [2.75, 3.05) is 11.6 Å². The first-order valence-corrected chi connectivity index (χ1v) is 13.5. The van der Waals surface area contributed by atoms with E-state index < -0.39 is 9.84 Å². The summed E-state index contributed by atoms with van der Waals surface area (Å²) in [6, 6.07) is 15.1. The van der Waals surface area contributed by atoms with Crippen LogP contribution in [0.15, 0.2) is 47.4 Å². The molecule has 0 unspecified atom stereocenters. The molecule has 6 nitrogen and oxygen atoms in total. The summed E-state index contributed by atoms with van der Waals surface area (Å²) in [5, 5.41) is 23.1. The van der Waals surface area contributed by atoms with E-state index in [0.717, 1.165) is 45.5 Å². The van der Waals surface area contributed by atoms with Crippen LogP contribution in [0.3, 0.4) is 0 Å². The lowest BCUT2D eigenvalue weighted by Gasteiger charge is -2.57. The largest absolute Gasteiger partial charge is 0.377 e. The molecule has 1 aromatic heterocycles. The monoisotopic (exact) mass is 458 g/mol. The van der Waals surface area contributed by atoms with Crippen LogP contribution in [0.5, 0.6) is 0 Å². The van der Waals surface area contributed by atoms with Gasteiger partial charge in [-0.2, -0.15) is 5.26 Å². The Balaban J connectivity index is 1.38. The molecule has 0 radical (unpaired) electrons. The van der Waals surface area contributed by atoms with Gasteiger partial charge in [-0.25, -0.2) is 8.42 Å². The molecule has 7 heteroatoms. The van der Waals surface area contributed by atoms with Crippen LogP contribution in [-0.2, 0) is 9.84 Å². The molecule has 7 rings (SSSR count). The van der Waals surface area contributed by atoms with Crippen molar-refractivity contribution in [1.82, 2.24) is 10.2 Å². The van der Waals surface area contributed by atoms with Gasteiger partial charge < -0.3 is 5.32 Å². The molecule has 4 aliphatic rings. The first kappa shape index (κ1) is 20.6. The highest BCUT2D eigenvalue weighted by molar-refractivity contribution is 7.90. The fraction of sp³-hybridized carbons (Fsp3) is 0.423. The molecule has 0 aliphatic heterocycles. The fourth-order valence-corrected chi connectivity index (χ4v) is 7.55. The zero-order chi connectivity index (χ0) is 22.8. The minimum absolute atomic E-state index is 0.0659. The van der Waals surface area contributed by atoms with Crippen molar-refractivity contribution in [2.45, 2.75) is 49.0 Å². The molecule has 0 saturated heterocycles. The van der Waals surface area contributed by atoms with E-state index in [1.165, 1.54) is 44.8 Å². The van der Waals surface area contributed by atoms with E-state index in [9.17, 15) is 13.7 Å². The number of rotatable bonds is 4. The Morgan fingerprint density at radius 3 is 2.12 bits per heavy atom. The lowest BCUT2D eigenvalue weighted by atomic mass is 9.53. The van der Waals surface area contributed by atoms with Crippen LogP contribution in [0.4, 0.5) is 5.69 Å². The van der Waals surface area contributed by atoms with Crippen molar-refractivity contribution in [3.05, 3.63) is 48.2 Å². The van der Waals surface area contributed by atoms with Crippen LogP contribution in [0.2, 0.25) is 0 Å². The third kappa shape index (κ3) is 3.57. The van der Waals surface area contributed by atoms with Crippen molar-refractivity contribution in [3.63, 3.8) is 0 Å². The van der Waals surface area contributed by atoms with E-state index in [1.807, 2.05) is 30.3 Å². The number of nitrogens with one attached hydrogen (secondary N) is 1. The molecule has 1 N–H and O–H groups in total. The van der Waals surface area contributed by atoms with Crippen LogP contribution in [0.1, 0.15) is 44.2 Å². The standard InChI is InChI=1S/C26H26N4O2S/c1-33(31,32)21-5-2-19(3-6-21)20-4-7-22-23(11-20)29-30-24(15-27)25(22)28-26-12-16-8-17(13-26)10-18(9-16)14-26/h2-7,11,16-18H,8-10,12-14H2,1H3,(H,28,29). The maximum Gasteiger partial charge on any atom is 0.186 e. The number of fused-ring (bicyclic) bond motifs is 1. The lowest BCUT2D eigenvalue weighted by Crippen LogP contribution is -2.54. The Labute approximate surface area is 194 Å². The molecule has 3 aromatic rings. The summed E-state index contributed by atoms with van der Waals surface area (Å²) in [5.74, 6) is 2.41. The molecule has 4 fully saturated rings. The highest BCUT2D eigenvalue weighted by Crippen LogP contribution is 2.57. The van der Waals surface area contributed by atoms with Gasteiger partial charge in [-0.15, -0.1) is 10.2 Å². The Hall–Kier alpha value is -2.98. The number of hydrogen-bond donors (Lipinski definition) is 1. The third-order valence-corrected chi connectivity index (χ3v) is 9.04. The van der Waals surface area contributed by atoms with E-state index in [0.29, 0.717) is 10.6 Å². The molecule has 0 atom stereocenters. The predicted octanol–water partition coefficient (Wildman–Crippen LogP) is 4.95. The Kier molecular flexibility index (Phi) is 4.54. The van der Waals surface area contributed by atoms with Crippen LogP contribution in [-0.4, -0.2) is 30.4 Å². The van der Waals surface area contributed by atoms with Gasteiger partial charge in [-0.3, -0.25) is 0 Å². The molecule has 2 aromatic carbocycles. The summed E-state index contributed by atoms with van der Waals surface area (Å²) in [7, 11) is -3.23. The second-order valence-corrected chi connectivity index (χ2v) is 12.4. The van der Waals surface area contributed by atoms with Crippen molar-refractivity contribution in [3.8, 4) is 17.2 Å². The quantitative estimate of drug-likeness (QED) is 0.594. The smallest absolute Gasteiger partial charge is 0.186 e. The average molecular weight is 459 g/mol. The summed E-state index contributed by atoms with van der Waals surface area (Å²) in [5.41, 5.74) is 3.79. The van der Waals surface area contributed by atoms with Gasteiger partial charge in [0.1, 0.15) is 6.07 Å². The third-order valence-electron chi connectivity index (χ3n) is 7.91. The number of nitrogens with zero attached hydrogens (tertiary/aromatic N) is 3. The van der Waals surface area contributed by atoms with Gasteiger partial charge in [0.2, 0.25) is 0 Å². The average Bonchev–Trinajstić information content (AvgIpc) is 2.77. The number of hydrogen-bond acceptors (Lipinski definition) is 6. The van der Waals surface area contributed by atoms with Crippen LogP contribution in [0, 0.1) is 29.1 Å². The topological polar surface area (TPSA) is 95.7 Å².